The Morgan fingerprint density at radius 2 is 2.13 bits per heavy atom. The third-order valence-electron chi connectivity index (χ3n) is 2.24. The Labute approximate surface area is 91.8 Å². The molecule has 0 aromatic carbocycles. The first-order chi connectivity index (χ1) is 7.17. The predicted molar refractivity (Wildman–Crippen MR) is 61.0 cm³/mol. The van der Waals surface area contributed by atoms with Crippen LogP contribution >= 0.6 is 0 Å². The van der Waals surface area contributed by atoms with E-state index >= 15 is 0 Å². The molecule has 0 saturated carbocycles. The second-order valence-electron chi connectivity index (χ2n) is 3.99. The van der Waals surface area contributed by atoms with E-state index in [4.69, 9.17) is 9.15 Å². The normalized spacial score (nSPS) is 13.4. The van der Waals surface area contributed by atoms with Gasteiger partial charge in [0.1, 0.15) is 11.5 Å². The fourth-order valence-electron chi connectivity index (χ4n) is 1.55. The standard InChI is InChI=1S/C12H21NO2/c1-5-10-6-7-12(15-10)11(8-14-4)13-9(2)3/h6-7,9,11,13H,5,8H2,1-4H3. The van der Waals surface area contributed by atoms with Gasteiger partial charge in [0.15, 0.2) is 0 Å². The van der Waals surface area contributed by atoms with E-state index in [2.05, 4.69) is 26.1 Å². The van der Waals surface area contributed by atoms with Crippen molar-refractivity contribution in [1.82, 2.24) is 5.32 Å². The van der Waals surface area contributed by atoms with Crippen LogP contribution in [0.5, 0.6) is 0 Å². The van der Waals surface area contributed by atoms with Gasteiger partial charge in [-0.25, -0.2) is 0 Å². The molecule has 0 aliphatic carbocycles. The summed E-state index contributed by atoms with van der Waals surface area (Å²) in [6.07, 6.45) is 0.932. The van der Waals surface area contributed by atoms with Crippen molar-refractivity contribution in [3.63, 3.8) is 0 Å². The summed E-state index contributed by atoms with van der Waals surface area (Å²) in [6.45, 7) is 6.96. The molecule has 0 aliphatic heterocycles. The van der Waals surface area contributed by atoms with Crippen LogP contribution in [0.2, 0.25) is 0 Å². The van der Waals surface area contributed by atoms with Gasteiger partial charge < -0.3 is 14.5 Å². The van der Waals surface area contributed by atoms with Crippen molar-refractivity contribution in [2.45, 2.75) is 39.3 Å². The molecule has 3 heteroatoms. The molecular formula is C12H21NO2. The SMILES string of the molecule is CCc1ccc(C(COC)NC(C)C)o1. The van der Waals surface area contributed by atoms with Crippen molar-refractivity contribution >= 4 is 0 Å². The Bertz CT molecular complexity index is 281. The van der Waals surface area contributed by atoms with E-state index in [-0.39, 0.29) is 6.04 Å². The van der Waals surface area contributed by atoms with Gasteiger partial charge in [-0.2, -0.15) is 0 Å². The van der Waals surface area contributed by atoms with Crippen molar-refractivity contribution in [3.8, 4) is 0 Å². The molecule has 1 aromatic rings. The topological polar surface area (TPSA) is 34.4 Å². The molecular weight excluding hydrogens is 190 g/mol. The van der Waals surface area contributed by atoms with Gasteiger partial charge in [-0.3, -0.25) is 0 Å². The number of methoxy groups -OCH3 is 1. The van der Waals surface area contributed by atoms with Crippen molar-refractivity contribution in [2.75, 3.05) is 13.7 Å². The summed E-state index contributed by atoms with van der Waals surface area (Å²) in [7, 11) is 1.71. The molecule has 0 amide bonds. The number of hydrogen-bond donors (Lipinski definition) is 1. The number of hydrogen-bond acceptors (Lipinski definition) is 3. The summed E-state index contributed by atoms with van der Waals surface area (Å²) in [6, 6.07) is 4.62. The number of aryl methyl sites for hydroxylation is 1. The quantitative estimate of drug-likeness (QED) is 0.785. The highest BCUT2D eigenvalue weighted by Crippen LogP contribution is 2.18. The first-order valence-corrected chi connectivity index (χ1v) is 5.51. The average Bonchev–Trinajstić information content (AvgIpc) is 2.64. The summed E-state index contributed by atoms with van der Waals surface area (Å²) >= 11 is 0. The van der Waals surface area contributed by atoms with Crippen LogP contribution in [0.4, 0.5) is 0 Å². The Morgan fingerprint density at radius 1 is 1.40 bits per heavy atom. The maximum atomic E-state index is 5.71. The minimum atomic E-state index is 0.148. The molecule has 1 heterocycles. The van der Waals surface area contributed by atoms with E-state index in [1.807, 2.05) is 12.1 Å². The Hall–Kier alpha value is -0.800. The second kappa shape index (κ2) is 5.93. The van der Waals surface area contributed by atoms with Crippen LogP contribution in [-0.2, 0) is 11.2 Å². The zero-order chi connectivity index (χ0) is 11.3. The van der Waals surface area contributed by atoms with E-state index in [1.165, 1.54) is 0 Å². The average molecular weight is 211 g/mol. The van der Waals surface area contributed by atoms with E-state index < -0.39 is 0 Å². The van der Waals surface area contributed by atoms with Gasteiger partial charge in [0.05, 0.1) is 12.6 Å². The van der Waals surface area contributed by atoms with Crippen LogP contribution in [0.1, 0.15) is 38.3 Å². The minimum absolute atomic E-state index is 0.148. The van der Waals surface area contributed by atoms with Crippen molar-refractivity contribution in [3.05, 3.63) is 23.7 Å². The maximum absolute atomic E-state index is 5.71. The fraction of sp³-hybridized carbons (Fsp3) is 0.667. The molecule has 0 aliphatic rings. The molecule has 3 nitrogen and oxygen atoms in total. The summed E-state index contributed by atoms with van der Waals surface area (Å²) in [5.41, 5.74) is 0. The monoisotopic (exact) mass is 211 g/mol. The highest BCUT2D eigenvalue weighted by atomic mass is 16.5. The van der Waals surface area contributed by atoms with Crippen molar-refractivity contribution < 1.29 is 9.15 Å². The van der Waals surface area contributed by atoms with Gasteiger partial charge in [-0.15, -0.1) is 0 Å². The second-order valence-corrected chi connectivity index (χ2v) is 3.99. The lowest BCUT2D eigenvalue weighted by Gasteiger charge is -2.18. The van der Waals surface area contributed by atoms with Crippen LogP contribution in [0.3, 0.4) is 0 Å². The first kappa shape index (κ1) is 12.3. The lowest BCUT2D eigenvalue weighted by molar-refractivity contribution is 0.152. The predicted octanol–water partition coefficient (Wildman–Crippen LogP) is 2.53. The molecule has 0 radical (unpaired) electrons. The third kappa shape index (κ3) is 3.68. The van der Waals surface area contributed by atoms with E-state index in [1.54, 1.807) is 7.11 Å². The zero-order valence-corrected chi connectivity index (χ0v) is 10.0. The number of rotatable bonds is 6. The van der Waals surface area contributed by atoms with Crippen LogP contribution in [0, 0.1) is 0 Å². The molecule has 0 fully saturated rings. The lowest BCUT2D eigenvalue weighted by Crippen LogP contribution is -2.30. The minimum Gasteiger partial charge on any atom is -0.464 e. The van der Waals surface area contributed by atoms with Gasteiger partial charge in [0, 0.05) is 19.6 Å². The first-order valence-electron chi connectivity index (χ1n) is 5.51. The summed E-state index contributed by atoms with van der Waals surface area (Å²) in [5, 5.41) is 3.42. The third-order valence-corrected chi connectivity index (χ3v) is 2.24. The largest absolute Gasteiger partial charge is 0.464 e. The summed E-state index contributed by atoms with van der Waals surface area (Å²) < 4.78 is 10.9. The van der Waals surface area contributed by atoms with Gasteiger partial charge in [-0.1, -0.05) is 20.8 Å². The molecule has 1 unspecified atom stereocenters. The highest BCUT2D eigenvalue weighted by Gasteiger charge is 2.15. The Balaban J connectivity index is 2.69. The van der Waals surface area contributed by atoms with Crippen molar-refractivity contribution in [2.24, 2.45) is 0 Å². The molecule has 1 atom stereocenters. The molecule has 1 N–H and O–H groups in total. The van der Waals surface area contributed by atoms with E-state index in [0.717, 1.165) is 17.9 Å². The van der Waals surface area contributed by atoms with Gasteiger partial charge in [-0.05, 0) is 12.1 Å². The van der Waals surface area contributed by atoms with Gasteiger partial charge >= 0.3 is 0 Å². The molecule has 15 heavy (non-hydrogen) atoms. The number of nitrogens with one attached hydrogen (secondary N) is 1. The number of furan rings is 1. The molecule has 0 saturated heterocycles. The molecule has 0 bridgehead atoms. The lowest BCUT2D eigenvalue weighted by atomic mass is 10.2. The van der Waals surface area contributed by atoms with Gasteiger partial charge in [0.25, 0.3) is 0 Å². The smallest absolute Gasteiger partial charge is 0.123 e. The van der Waals surface area contributed by atoms with Crippen molar-refractivity contribution in [1.29, 1.82) is 0 Å². The van der Waals surface area contributed by atoms with E-state index in [9.17, 15) is 0 Å². The number of ether oxygens (including phenoxy) is 1. The van der Waals surface area contributed by atoms with Crippen LogP contribution < -0.4 is 5.32 Å². The summed E-state index contributed by atoms with van der Waals surface area (Å²) in [5.74, 6) is 1.99. The summed E-state index contributed by atoms with van der Waals surface area (Å²) in [4.78, 5) is 0. The van der Waals surface area contributed by atoms with Crippen LogP contribution in [0.15, 0.2) is 16.5 Å². The van der Waals surface area contributed by atoms with Crippen LogP contribution in [-0.4, -0.2) is 19.8 Å². The van der Waals surface area contributed by atoms with Crippen LogP contribution in [0.25, 0.3) is 0 Å². The zero-order valence-electron chi connectivity index (χ0n) is 10.0. The maximum Gasteiger partial charge on any atom is 0.123 e. The Morgan fingerprint density at radius 3 is 2.60 bits per heavy atom. The Kier molecular flexibility index (Phi) is 4.85. The highest BCUT2D eigenvalue weighted by molar-refractivity contribution is 5.11. The van der Waals surface area contributed by atoms with Gasteiger partial charge in [0.2, 0.25) is 0 Å². The molecule has 86 valence electrons. The molecule has 0 spiro atoms. The molecule has 1 rings (SSSR count). The van der Waals surface area contributed by atoms with E-state index in [0.29, 0.717) is 12.6 Å². The molecule has 1 aromatic heterocycles. The fourth-order valence-corrected chi connectivity index (χ4v) is 1.55.